The maximum atomic E-state index is 12.4. The normalized spacial score (nSPS) is 16.6. The topological polar surface area (TPSA) is 32.3 Å². The standard InChI is InChI=1S/C16H24N2O/c1-3-10-17-14-8-11-18(12-9-14)16(19)15-7-5-4-6-13(15)2/h4-7,14,17H,3,8-12H2,1-2H3. The van der Waals surface area contributed by atoms with E-state index in [0.29, 0.717) is 6.04 Å². The van der Waals surface area contributed by atoms with Crippen molar-refractivity contribution in [2.45, 2.75) is 39.2 Å². The number of amides is 1. The van der Waals surface area contributed by atoms with E-state index in [-0.39, 0.29) is 5.91 Å². The molecule has 104 valence electrons. The highest BCUT2D eigenvalue weighted by atomic mass is 16.2. The maximum absolute atomic E-state index is 12.4. The van der Waals surface area contributed by atoms with Gasteiger partial charge in [-0.3, -0.25) is 4.79 Å². The van der Waals surface area contributed by atoms with Gasteiger partial charge in [0.2, 0.25) is 0 Å². The summed E-state index contributed by atoms with van der Waals surface area (Å²) in [6.45, 7) is 7.01. The molecule has 0 aromatic heterocycles. The fourth-order valence-corrected chi connectivity index (χ4v) is 2.62. The van der Waals surface area contributed by atoms with Crippen LogP contribution in [0.25, 0.3) is 0 Å². The van der Waals surface area contributed by atoms with Crippen LogP contribution in [0.4, 0.5) is 0 Å². The van der Waals surface area contributed by atoms with Gasteiger partial charge in [-0.2, -0.15) is 0 Å². The molecule has 0 atom stereocenters. The lowest BCUT2D eigenvalue weighted by atomic mass is 10.0. The first-order chi connectivity index (χ1) is 9.22. The molecule has 0 aliphatic carbocycles. The Morgan fingerprint density at radius 3 is 2.63 bits per heavy atom. The van der Waals surface area contributed by atoms with E-state index in [2.05, 4.69) is 12.2 Å². The Morgan fingerprint density at radius 2 is 2.00 bits per heavy atom. The van der Waals surface area contributed by atoms with Gasteiger partial charge in [-0.25, -0.2) is 0 Å². The summed E-state index contributed by atoms with van der Waals surface area (Å²) in [5, 5.41) is 3.54. The maximum Gasteiger partial charge on any atom is 0.254 e. The molecule has 1 fully saturated rings. The quantitative estimate of drug-likeness (QED) is 0.902. The number of carbonyl (C=O) groups is 1. The number of hydrogen-bond acceptors (Lipinski definition) is 2. The summed E-state index contributed by atoms with van der Waals surface area (Å²) in [5.74, 6) is 0.187. The van der Waals surface area contributed by atoms with E-state index in [1.54, 1.807) is 0 Å². The molecule has 1 amide bonds. The van der Waals surface area contributed by atoms with Gasteiger partial charge in [0.15, 0.2) is 0 Å². The summed E-state index contributed by atoms with van der Waals surface area (Å²) in [6.07, 6.45) is 3.30. The zero-order valence-electron chi connectivity index (χ0n) is 12.0. The van der Waals surface area contributed by atoms with Crippen LogP contribution in [0.3, 0.4) is 0 Å². The van der Waals surface area contributed by atoms with Gasteiger partial charge >= 0.3 is 0 Å². The zero-order chi connectivity index (χ0) is 13.7. The molecule has 1 heterocycles. The molecule has 1 aliphatic rings. The van der Waals surface area contributed by atoms with Crippen LogP contribution in [0.1, 0.15) is 42.1 Å². The zero-order valence-corrected chi connectivity index (χ0v) is 12.0. The van der Waals surface area contributed by atoms with Crippen molar-refractivity contribution in [2.75, 3.05) is 19.6 Å². The Labute approximate surface area is 116 Å². The van der Waals surface area contributed by atoms with Gasteiger partial charge in [-0.15, -0.1) is 0 Å². The molecule has 3 heteroatoms. The number of hydrogen-bond donors (Lipinski definition) is 1. The first kappa shape index (κ1) is 14.1. The fourth-order valence-electron chi connectivity index (χ4n) is 2.62. The molecule has 1 N–H and O–H groups in total. The molecule has 19 heavy (non-hydrogen) atoms. The monoisotopic (exact) mass is 260 g/mol. The third kappa shape index (κ3) is 3.57. The summed E-state index contributed by atoms with van der Waals surface area (Å²) in [6, 6.07) is 8.44. The van der Waals surface area contributed by atoms with Crippen molar-refractivity contribution in [2.24, 2.45) is 0 Å². The van der Waals surface area contributed by atoms with Gasteiger partial charge in [-0.05, 0) is 44.4 Å². The Morgan fingerprint density at radius 1 is 1.32 bits per heavy atom. The molecule has 1 aromatic carbocycles. The van der Waals surface area contributed by atoms with Crippen molar-refractivity contribution in [1.82, 2.24) is 10.2 Å². The van der Waals surface area contributed by atoms with Crippen LogP contribution in [-0.4, -0.2) is 36.5 Å². The van der Waals surface area contributed by atoms with Crippen LogP contribution >= 0.6 is 0 Å². The number of nitrogens with one attached hydrogen (secondary N) is 1. The van der Waals surface area contributed by atoms with E-state index < -0.39 is 0 Å². The van der Waals surface area contributed by atoms with E-state index in [0.717, 1.165) is 43.6 Å². The average molecular weight is 260 g/mol. The second-order valence-electron chi connectivity index (χ2n) is 5.34. The largest absolute Gasteiger partial charge is 0.339 e. The molecule has 0 spiro atoms. The van der Waals surface area contributed by atoms with Crippen molar-refractivity contribution in [3.05, 3.63) is 35.4 Å². The highest BCUT2D eigenvalue weighted by Crippen LogP contribution is 2.16. The van der Waals surface area contributed by atoms with Gasteiger partial charge < -0.3 is 10.2 Å². The number of carbonyl (C=O) groups excluding carboxylic acids is 1. The third-order valence-electron chi connectivity index (χ3n) is 3.84. The lowest BCUT2D eigenvalue weighted by molar-refractivity contribution is 0.0704. The second kappa shape index (κ2) is 6.71. The summed E-state index contributed by atoms with van der Waals surface area (Å²) in [5.41, 5.74) is 1.92. The summed E-state index contributed by atoms with van der Waals surface area (Å²) in [7, 11) is 0. The van der Waals surface area contributed by atoms with E-state index in [1.165, 1.54) is 6.42 Å². The third-order valence-corrected chi connectivity index (χ3v) is 3.84. The van der Waals surface area contributed by atoms with Gasteiger partial charge in [0, 0.05) is 24.7 Å². The molecule has 0 unspecified atom stereocenters. The predicted molar refractivity (Wildman–Crippen MR) is 78.4 cm³/mol. The number of piperidine rings is 1. The fraction of sp³-hybridized carbons (Fsp3) is 0.562. The Hall–Kier alpha value is -1.35. The molecule has 3 nitrogen and oxygen atoms in total. The highest BCUT2D eigenvalue weighted by molar-refractivity contribution is 5.95. The summed E-state index contributed by atoms with van der Waals surface area (Å²) in [4.78, 5) is 14.4. The van der Waals surface area contributed by atoms with Crippen LogP contribution in [0, 0.1) is 6.92 Å². The van der Waals surface area contributed by atoms with Crippen molar-refractivity contribution in [3.63, 3.8) is 0 Å². The molecular formula is C16H24N2O. The van der Waals surface area contributed by atoms with E-state index >= 15 is 0 Å². The lowest BCUT2D eigenvalue weighted by Crippen LogP contribution is -2.45. The Bertz CT molecular complexity index is 423. The second-order valence-corrected chi connectivity index (χ2v) is 5.34. The van der Waals surface area contributed by atoms with Crippen molar-refractivity contribution in [3.8, 4) is 0 Å². The van der Waals surface area contributed by atoms with Crippen LogP contribution in [-0.2, 0) is 0 Å². The Kier molecular flexibility index (Phi) is 4.97. The van der Waals surface area contributed by atoms with Crippen LogP contribution < -0.4 is 5.32 Å². The summed E-state index contributed by atoms with van der Waals surface area (Å²) >= 11 is 0. The molecular weight excluding hydrogens is 236 g/mol. The number of rotatable bonds is 4. The Balaban J connectivity index is 1.91. The SMILES string of the molecule is CCCNC1CCN(C(=O)c2ccccc2C)CC1. The number of likely N-dealkylation sites (tertiary alicyclic amines) is 1. The van der Waals surface area contributed by atoms with Crippen LogP contribution in [0.5, 0.6) is 0 Å². The minimum atomic E-state index is 0.187. The lowest BCUT2D eigenvalue weighted by Gasteiger charge is -2.32. The van der Waals surface area contributed by atoms with Gasteiger partial charge in [-0.1, -0.05) is 25.1 Å². The molecule has 1 saturated heterocycles. The van der Waals surface area contributed by atoms with Crippen molar-refractivity contribution in [1.29, 1.82) is 0 Å². The van der Waals surface area contributed by atoms with Gasteiger partial charge in [0.25, 0.3) is 5.91 Å². The minimum Gasteiger partial charge on any atom is -0.339 e. The van der Waals surface area contributed by atoms with Crippen molar-refractivity contribution < 1.29 is 4.79 Å². The molecule has 2 rings (SSSR count). The average Bonchev–Trinajstić information content (AvgIpc) is 2.45. The van der Waals surface area contributed by atoms with Crippen LogP contribution in [0.2, 0.25) is 0 Å². The highest BCUT2D eigenvalue weighted by Gasteiger charge is 2.23. The number of aryl methyl sites for hydroxylation is 1. The molecule has 1 aromatic rings. The van der Waals surface area contributed by atoms with Gasteiger partial charge in [0.05, 0.1) is 0 Å². The van der Waals surface area contributed by atoms with Gasteiger partial charge in [0.1, 0.15) is 0 Å². The number of benzene rings is 1. The first-order valence-electron chi connectivity index (χ1n) is 7.30. The molecule has 0 bridgehead atoms. The van der Waals surface area contributed by atoms with E-state index in [4.69, 9.17) is 0 Å². The minimum absolute atomic E-state index is 0.187. The smallest absolute Gasteiger partial charge is 0.254 e. The molecule has 1 aliphatic heterocycles. The molecule has 0 saturated carbocycles. The van der Waals surface area contributed by atoms with Crippen LogP contribution in [0.15, 0.2) is 24.3 Å². The van der Waals surface area contributed by atoms with E-state index in [1.807, 2.05) is 36.1 Å². The van der Waals surface area contributed by atoms with Crippen molar-refractivity contribution >= 4 is 5.91 Å². The summed E-state index contributed by atoms with van der Waals surface area (Å²) < 4.78 is 0. The molecule has 0 radical (unpaired) electrons. The predicted octanol–water partition coefficient (Wildman–Crippen LogP) is 2.60. The van der Waals surface area contributed by atoms with E-state index in [9.17, 15) is 4.79 Å². The number of nitrogens with zero attached hydrogens (tertiary/aromatic N) is 1. The first-order valence-corrected chi connectivity index (χ1v) is 7.30.